The van der Waals surface area contributed by atoms with E-state index in [-0.39, 0.29) is 29.7 Å². The van der Waals surface area contributed by atoms with Gasteiger partial charge in [0.1, 0.15) is 0 Å². The zero-order valence-electron chi connectivity index (χ0n) is 6.87. The molecular weight excluding hydrogens is 241 g/mol. The van der Waals surface area contributed by atoms with Gasteiger partial charge in [-0.2, -0.15) is 13.2 Å². The molecule has 0 aromatic rings. The molecule has 0 bridgehead atoms. The van der Waals surface area contributed by atoms with Gasteiger partial charge in [0.25, 0.3) is 5.12 Å². The Labute approximate surface area is 83.0 Å². The van der Waals surface area contributed by atoms with E-state index in [9.17, 15) is 26.4 Å². The Morgan fingerprint density at radius 1 is 1.36 bits per heavy atom. The first-order valence-electron chi connectivity index (χ1n) is 3.69. The summed E-state index contributed by atoms with van der Waals surface area (Å²) in [5.41, 5.74) is 0. The van der Waals surface area contributed by atoms with E-state index in [1.807, 2.05) is 0 Å². The largest absolute Gasteiger partial charge is 0.460 e. The Hall–Kier alpha value is -0.240. The van der Waals surface area contributed by atoms with Crippen LogP contribution < -0.4 is 0 Å². The number of rotatable bonds is 1. The van der Waals surface area contributed by atoms with Gasteiger partial charge in [-0.05, 0) is 6.42 Å². The van der Waals surface area contributed by atoms with Gasteiger partial charge in [-0.1, -0.05) is 11.8 Å². The first-order chi connectivity index (χ1) is 6.21. The zero-order chi connectivity index (χ0) is 11.0. The molecule has 14 heavy (non-hydrogen) atoms. The highest BCUT2D eigenvalue weighted by molar-refractivity contribution is 8.15. The number of carbonyl (C=O) groups excluding carboxylic acids is 1. The highest BCUT2D eigenvalue weighted by atomic mass is 32.2. The maximum atomic E-state index is 11.8. The number of sulfone groups is 1. The van der Waals surface area contributed by atoms with Crippen molar-refractivity contribution in [3.05, 3.63) is 0 Å². The van der Waals surface area contributed by atoms with Crippen LogP contribution in [0.15, 0.2) is 0 Å². The van der Waals surface area contributed by atoms with Crippen LogP contribution in [0.5, 0.6) is 0 Å². The summed E-state index contributed by atoms with van der Waals surface area (Å²) in [7, 11) is -3.23. The fourth-order valence-corrected chi connectivity index (χ4v) is 4.33. The number of carbonyl (C=O) groups is 1. The van der Waals surface area contributed by atoms with Crippen molar-refractivity contribution in [2.24, 2.45) is 0 Å². The summed E-state index contributed by atoms with van der Waals surface area (Å²) in [6.07, 6.45) is -4.76. The molecule has 1 atom stereocenters. The molecule has 0 amide bonds. The zero-order valence-corrected chi connectivity index (χ0v) is 8.51. The molecule has 1 aliphatic heterocycles. The second-order valence-electron chi connectivity index (χ2n) is 2.93. The minimum Gasteiger partial charge on any atom is -0.277 e. The molecule has 0 saturated carbocycles. The minimum absolute atomic E-state index is 0.0734. The Kier molecular flexibility index (Phi) is 3.15. The first-order valence-corrected chi connectivity index (χ1v) is 6.39. The van der Waals surface area contributed by atoms with Gasteiger partial charge < -0.3 is 0 Å². The van der Waals surface area contributed by atoms with E-state index in [1.165, 1.54) is 0 Å². The first kappa shape index (κ1) is 11.8. The van der Waals surface area contributed by atoms with Crippen molar-refractivity contribution in [2.45, 2.75) is 17.8 Å². The molecule has 1 rings (SSSR count). The van der Waals surface area contributed by atoms with E-state index in [0.717, 1.165) is 0 Å². The number of halogens is 3. The third-order valence-electron chi connectivity index (χ3n) is 1.70. The van der Waals surface area contributed by atoms with Crippen LogP contribution in [0.3, 0.4) is 0 Å². The van der Waals surface area contributed by atoms with Crippen molar-refractivity contribution in [1.82, 2.24) is 0 Å². The Bertz CT molecular complexity index is 333. The molecule has 3 nitrogen and oxygen atoms in total. The van der Waals surface area contributed by atoms with Crippen LogP contribution in [0.2, 0.25) is 0 Å². The summed E-state index contributed by atoms with van der Waals surface area (Å²) in [5, 5.41) is -2.66. The highest BCUT2D eigenvalue weighted by Gasteiger charge is 2.42. The number of hydrogen-bond donors (Lipinski definition) is 0. The molecule has 1 unspecified atom stereocenters. The fourth-order valence-electron chi connectivity index (χ4n) is 1.07. The lowest BCUT2D eigenvalue weighted by atomic mass is 10.4. The molecule has 0 aromatic heterocycles. The van der Waals surface area contributed by atoms with Crippen LogP contribution in [0.25, 0.3) is 0 Å². The Morgan fingerprint density at radius 2 is 1.93 bits per heavy atom. The summed E-state index contributed by atoms with van der Waals surface area (Å²) in [4.78, 5) is 10.5. The standard InChI is InChI=1S/C6H7F3O3S2/c7-6(8,9)5(10)13-4-1-2-14(11,12)3-4/h4H,1-3H2. The smallest absolute Gasteiger partial charge is 0.277 e. The second kappa shape index (κ2) is 3.73. The Balaban J connectivity index is 2.53. The van der Waals surface area contributed by atoms with Crippen LogP contribution in [0.4, 0.5) is 13.2 Å². The molecule has 1 heterocycles. The molecule has 8 heteroatoms. The quantitative estimate of drug-likeness (QED) is 0.694. The lowest BCUT2D eigenvalue weighted by Crippen LogP contribution is -2.22. The van der Waals surface area contributed by atoms with E-state index in [0.29, 0.717) is 0 Å². The fraction of sp³-hybridized carbons (Fsp3) is 0.833. The van der Waals surface area contributed by atoms with E-state index < -0.39 is 26.4 Å². The molecule has 0 aliphatic carbocycles. The van der Waals surface area contributed by atoms with Crippen molar-refractivity contribution < 1.29 is 26.4 Å². The van der Waals surface area contributed by atoms with E-state index in [1.54, 1.807) is 0 Å². The topological polar surface area (TPSA) is 51.2 Å². The summed E-state index contributed by atoms with van der Waals surface area (Å²) < 4.78 is 57.1. The molecule has 1 aliphatic rings. The van der Waals surface area contributed by atoms with E-state index >= 15 is 0 Å². The molecule has 0 radical (unpaired) electrons. The van der Waals surface area contributed by atoms with Crippen LogP contribution in [-0.2, 0) is 14.6 Å². The second-order valence-corrected chi connectivity index (χ2v) is 6.43. The number of thioether (sulfide) groups is 1. The Morgan fingerprint density at radius 3 is 2.29 bits per heavy atom. The van der Waals surface area contributed by atoms with Gasteiger partial charge in [0.2, 0.25) is 0 Å². The van der Waals surface area contributed by atoms with Crippen LogP contribution in [0.1, 0.15) is 6.42 Å². The van der Waals surface area contributed by atoms with Gasteiger partial charge in [0.15, 0.2) is 9.84 Å². The maximum absolute atomic E-state index is 11.8. The van der Waals surface area contributed by atoms with Crippen molar-refractivity contribution >= 4 is 26.7 Å². The molecule has 1 fully saturated rings. The summed E-state index contributed by atoms with van der Waals surface area (Å²) in [5.74, 6) is -0.463. The van der Waals surface area contributed by atoms with Gasteiger partial charge in [0, 0.05) is 5.25 Å². The van der Waals surface area contributed by atoms with E-state index in [4.69, 9.17) is 0 Å². The van der Waals surface area contributed by atoms with Gasteiger partial charge in [-0.15, -0.1) is 0 Å². The van der Waals surface area contributed by atoms with Crippen LogP contribution in [0, 0.1) is 0 Å². The average Bonchev–Trinajstić information content (AvgIpc) is 2.28. The highest BCUT2D eigenvalue weighted by Crippen LogP contribution is 2.31. The maximum Gasteiger partial charge on any atom is 0.460 e. The van der Waals surface area contributed by atoms with Crippen molar-refractivity contribution in [3.63, 3.8) is 0 Å². The van der Waals surface area contributed by atoms with E-state index in [2.05, 4.69) is 0 Å². The third-order valence-corrected chi connectivity index (χ3v) is 4.86. The minimum atomic E-state index is -4.88. The van der Waals surface area contributed by atoms with Gasteiger partial charge in [0.05, 0.1) is 11.5 Å². The summed E-state index contributed by atoms with van der Waals surface area (Å²) in [6, 6.07) is 0. The lowest BCUT2D eigenvalue weighted by molar-refractivity contribution is -0.160. The summed E-state index contributed by atoms with van der Waals surface area (Å²) in [6.45, 7) is 0. The van der Waals surface area contributed by atoms with Gasteiger partial charge in [-0.3, -0.25) is 4.79 Å². The van der Waals surface area contributed by atoms with Gasteiger partial charge >= 0.3 is 6.18 Å². The monoisotopic (exact) mass is 248 g/mol. The SMILES string of the molecule is O=C(SC1CCS(=O)(=O)C1)C(F)(F)F. The average molecular weight is 248 g/mol. The third kappa shape index (κ3) is 3.16. The van der Waals surface area contributed by atoms with Crippen molar-refractivity contribution in [2.75, 3.05) is 11.5 Å². The molecular formula is C6H7F3O3S2. The van der Waals surface area contributed by atoms with Crippen LogP contribution in [-0.4, -0.2) is 36.5 Å². The number of alkyl halides is 3. The molecule has 0 aromatic carbocycles. The molecule has 82 valence electrons. The van der Waals surface area contributed by atoms with Crippen molar-refractivity contribution in [3.8, 4) is 0 Å². The summed E-state index contributed by atoms with van der Waals surface area (Å²) >= 11 is 0.0734. The van der Waals surface area contributed by atoms with Gasteiger partial charge in [-0.25, -0.2) is 8.42 Å². The normalized spacial score (nSPS) is 26.4. The number of hydrogen-bond acceptors (Lipinski definition) is 4. The molecule has 0 N–H and O–H groups in total. The predicted octanol–water partition coefficient (Wildman–Crippen LogP) is 0.996. The van der Waals surface area contributed by atoms with Crippen LogP contribution >= 0.6 is 11.8 Å². The molecule has 1 saturated heterocycles. The van der Waals surface area contributed by atoms with Crippen molar-refractivity contribution in [1.29, 1.82) is 0 Å². The predicted molar refractivity (Wildman–Crippen MR) is 45.7 cm³/mol. The molecule has 0 spiro atoms. The lowest BCUT2D eigenvalue weighted by Gasteiger charge is -2.07.